The van der Waals surface area contributed by atoms with E-state index in [9.17, 15) is 23.3 Å². The van der Waals surface area contributed by atoms with Crippen LogP contribution in [-0.2, 0) is 10.0 Å². The highest BCUT2D eigenvalue weighted by Crippen LogP contribution is 2.22. The lowest BCUT2D eigenvalue weighted by Gasteiger charge is -2.19. The smallest absolute Gasteiger partial charge is 0.269 e. The topological polar surface area (TPSA) is 122 Å². The zero-order chi connectivity index (χ0) is 22.4. The number of rotatable bonds is 7. The maximum Gasteiger partial charge on any atom is 0.278 e. The number of nitrogens with zero attached hydrogens (tertiary/aromatic N) is 3. The van der Waals surface area contributed by atoms with Crippen molar-refractivity contribution >= 4 is 33.5 Å². The molecule has 0 aliphatic heterocycles. The lowest BCUT2D eigenvalue weighted by Crippen LogP contribution is -2.26. The molecular formula is C21H18N4O5S. The number of anilines is 1. The summed E-state index contributed by atoms with van der Waals surface area (Å²) >= 11 is 0. The molecule has 1 N–H and O–H groups in total. The Bertz CT molecular complexity index is 1230. The fraction of sp³-hybridized carbons (Fsp3) is 0.0476. The van der Waals surface area contributed by atoms with Crippen molar-refractivity contribution in [2.45, 2.75) is 4.90 Å². The molecular weight excluding hydrogens is 420 g/mol. The molecule has 0 saturated carbocycles. The summed E-state index contributed by atoms with van der Waals surface area (Å²) < 4.78 is 26.5. The molecule has 31 heavy (non-hydrogen) atoms. The molecule has 10 heteroatoms. The van der Waals surface area contributed by atoms with Crippen LogP contribution in [0, 0.1) is 10.1 Å². The summed E-state index contributed by atoms with van der Waals surface area (Å²) in [5, 5.41) is 14.8. The Balaban J connectivity index is 1.70. The summed E-state index contributed by atoms with van der Waals surface area (Å²) in [6.45, 7) is 0. The average molecular weight is 438 g/mol. The average Bonchev–Trinajstić information content (AvgIpc) is 2.79. The summed E-state index contributed by atoms with van der Waals surface area (Å²) in [5.74, 6) is -0.546. The van der Waals surface area contributed by atoms with Crippen molar-refractivity contribution < 1.29 is 18.1 Å². The van der Waals surface area contributed by atoms with Gasteiger partial charge in [-0.3, -0.25) is 19.2 Å². The van der Waals surface area contributed by atoms with Crippen LogP contribution >= 0.6 is 0 Å². The number of amides is 1. The Morgan fingerprint density at radius 2 is 1.61 bits per heavy atom. The van der Waals surface area contributed by atoms with Crippen LogP contribution in [0.4, 0.5) is 11.4 Å². The van der Waals surface area contributed by atoms with Gasteiger partial charge in [-0.25, -0.2) is 13.8 Å². The zero-order valence-electron chi connectivity index (χ0n) is 16.4. The second-order valence-electron chi connectivity index (χ2n) is 6.35. The molecule has 0 fully saturated rings. The van der Waals surface area contributed by atoms with E-state index in [4.69, 9.17) is 0 Å². The van der Waals surface area contributed by atoms with E-state index in [1.165, 1.54) is 67.9 Å². The molecule has 1 amide bonds. The van der Waals surface area contributed by atoms with E-state index in [0.717, 1.165) is 4.31 Å². The second-order valence-corrected chi connectivity index (χ2v) is 8.32. The lowest BCUT2D eigenvalue weighted by molar-refractivity contribution is -0.385. The standard InChI is InChI=1S/C21H18N4O5S/c1-24(31(29,30)19-8-3-2-4-9-19)18-13-11-16(12-14-18)21(26)23-22-15-17-7-5-6-10-20(17)25(27)28/h2-15H,1H3,(H,23,26). The third-order valence-electron chi connectivity index (χ3n) is 4.40. The van der Waals surface area contributed by atoms with E-state index < -0.39 is 20.9 Å². The van der Waals surface area contributed by atoms with Crippen LogP contribution in [0.5, 0.6) is 0 Å². The van der Waals surface area contributed by atoms with Crippen molar-refractivity contribution in [2.75, 3.05) is 11.4 Å². The van der Waals surface area contributed by atoms with Gasteiger partial charge in [-0.05, 0) is 42.5 Å². The molecule has 0 heterocycles. The summed E-state index contributed by atoms with van der Waals surface area (Å²) in [6.07, 6.45) is 1.19. The number of carbonyl (C=O) groups excluding carboxylic acids is 1. The van der Waals surface area contributed by atoms with Crippen LogP contribution in [0.3, 0.4) is 0 Å². The van der Waals surface area contributed by atoms with Crippen molar-refractivity contribution in [3.63, 3.8) is 0 Å². The minimum absolute atomic E-state index is 0.132. The normalized spacial score (nSPS) is 11.3. The van der Waals surface area contributed by atoms with Gasteiger partial charge >= 0.3 is 0 Å². The van der Waals surface area contributed by atoms with Crippen molar-refractivity contribution in [3.8, 4) is 0 Å². The molecule has 0 saturated heterocycles. The fourth-order valence-corrected chi connectivity index (χ4v) is 3.92. The van der Waals surface area contributed by atoms with Crippen LogP contribution in [0.2, 0.25) is 0 Å². The van der Waals surface area contributed by atoms with E-state index in [-0.39, 0.29) is 21.7 Å². The summed E-state index contributed by atoms with van der Waals surface area (Å²) in [4.78, 5) is 22.9. The van der Waals surface area contributed by atoms with E-state index >= 15 is 0 Å². The number of nitrogens with one attached hydrogen (secondary N) is 1. The maximum absolute atomic E-state index is 12.7. The van der Waals surface area contributed by atoms with Crippen LogP contribution < -0.4 is 9.73 Å². The predicted molar refractivity (Wildman–Crippen MR) is 117 cm³/mol. The Labute approximate surface area is 178 Å². The SMILES string of the molecule is CN(c1ccc(C(=O)NN=Cc2ccccc2[N+](=O)[O-])cc1)S(=O)(=O)c1ccccc1. The van der Waals surface area contributed by atoms with Gasteiger partial charge in [-0.2, -0.15) is 5.10 Å². The van der Waals surface area contributed by atoms with Gasteiger partial charge in [0.2, 0.25) is 0 Å². The number of hydrogen-bond donors (Lipinski definition) is 1. The van der Waals surface area contributed by atoms with Crippen molar-refractivity contribution in [3.05, 3.63) is 100 Å². The van der Waals surface area contributed by atoms with Gasteiger partial charge < -0.3 is 0 Å². The minimum atomic E-state index is -3.73. The van der Waals surface area contributed by atoms with Gasteiger partial charge in [-0.15, -0.1) is 0 Å². The molecule has 3 aromatic carbocycles. The summed E-state index contributed by atoms with van der Waals surface area (Å²) in [6, 6.07) is 19.9. The number of carbonyl (C=O) groups is 1. The number of hydrogen-bond acceptors (Lipinski definition) is 6. The Morgan fingerprint density at radius 3 is 2.26 bits per heavy atom. The summed E-state index contributed by atoms with van der Waals surface area (Å²) in [5.41, 5.74) is 3.03. The Hall–Kier alpha value is -4.05. The maximum atomic E-state index is 12.7. The highest BCUT2D eigenvalue weighted by atomic mass is 32.2. The lowest BCUT2D eigenvalue weighted by atomic mass is 10.2. The highest BCUT2D eigenvalue weighted by molar-refractivity contribution is 7.92. The number of nitro groups is 1. The number of benzene rings is 3. The zero-order valence-corrected chi connectivity index (χ0v) is 17.2. The first-order valence-electron chi connectivity index (χ1n) is 9.01. The number of hydrazone groups is 1. The minimum Gasteiger partial charge on any atom is -0.269 e. The van der Waals surface area contributed by atoms with Crippen molar-refractivity contribution in [1.29, 1.82) is 0 Å². The number of sulfonamides is 1. The molecule has 0 aliphatic rings. The molecule has 9 nitrogen and oxygen atoms in total. The van der Waals surface area contributed by atoms with Gasteiger partial charge in [0.25, 0.3) is 21.6 Å². The van der Waals surface area contributed by atoms with E-state index in [2.05, 4.69) is 10.5 Å². The molecule has 0 aromatic heterocycles. The highest BCUT2D eigenvalue weighted by Gasteiger charge is 2.21. The molecule has 0 aliphatic carbocycles. The molecule has 0 atom stereocenters. The first kappa shape index (κ1) is 21.7. The number of para-hydroxylation sites is 1. The van der Waals surface area contributed by atoms with Crippen molar-refractivity contribution in [1.82, 2.24) is 5.43 Å². The van der Waals surface area contributed by atoms with Crippen LogP contribution in [0.1, 0.15) is 15.9 Å². The molecule has 3 rings (SSSR count). The molecule has 0 bridgehead atoms. The van der Waals surface area contributed by atoms with Crippen LogP contribution in [0.15, 0.2) is 88.9 Å². The van der Waals surface area contributed by atoms with Crippen molar-refractivity contribution in [2.24, 2.45) is 5.10 Å². The second kappa shape index (κ2) is 9.18. The Kier molecular flexibility index (Phi) is 6.41. The Morgan fingerprint density at radius 1 is 1.00 bits per heavy atom. The first-order valence-corrected chi connectivity index (χ1v) is 10.5. The molecule has 0 spiro atoms. The van der Waals surface area contributed by atoms with Gasteiger partial charge in [-0.1, -0.05) is 30.3 Å². The third-order valence-corrected chi connectivity index (χ3v) is 6.20. The number of nitro benzene ring substituents is 1. The molecule has 3 aromatic rings. The summed E-state index contributed by atoms with van der Waals surface area (Å²) in [7, 11) is -2.30. The first-order chi connectivity index (χ1) is 14.8. The molecule has 158 valence electrons. The van der Waals surface area contributed by atoms with E-state index in [1.54, 1.807) is 24.3 Å². The van der Waals surface area contributed by atoms with Gasteiger partial charge in [0.1, 0.15) is 0 Å². The van der Waals surface area contributed by atoms with Gasteiger partial charge in [0.05, 0.1) is 27.3 Å². The van der Waals surface area contributed by atoms with E-state index in [0.29, 0.717) is 5.69 Å². The fourth-order valence-electron chi connectivity index (χ4n) is 2.70. The largest absolute Gasteiger partial charge is 0.278 e. The third kappa shape index (κ3) is 4.93. The predicted octanol–water partition coefficient (Wildman–Crippen LogP) is 3.18. The van der Waals surface area contributed by atoms with Crippen LogP contribution in [-0.4, -0.2) is 32.5 Å². The monoisotopic (exact) mass is 438 g/mol. The quantitative estimate of drug-likeness (QED) is 0.345. The van der Waals surface area contributed by atoms with E-state index in [1.807, 2.05) is 0 Å². The van der Waals surface area contributed by atoms with Crippen LogP contribution in [0.25, 0.3) is 0 Å². The molecule has 0 unspecified atom stereocenters. The van der Waals surface area contributed by atoms with Gasteiger partial charge in [0.15, 0.2) is 0 Å². The molecule has 0 radical (unpaired) electrons. The van der Waals surface area contributed by atoms with Gasteiger partial charge in [0, 0.05) is 18.7 Å².